The minimum Gasteiger partial charge on any atom is -0.468 e. The van der Waals surface area contributed by atoms with E-state index < -0.39 is 0 Å². The fourth-order valence-corrected chi connectivity index (χ4v) is 5.11. The first kappa shape index (κ1) is 18.5. The van der Waals surface area contributed by atoms with Gasteiger partial charge in [0.1, 0.15) is 11.1 Å². The van der Waals surface area contributed by atoms with Crippen LogP contribution in [-0.4, -0.2) is 43.0 Å². The Morgan fingerprint density at radius 1 is 1.40 bits per heavy atom. The fraction of sp³-hybridized carbons (Fsp3) is 0.389. The quantitative estimate of drug-likeness (QED) is 0.644. The van der Waals surface area contributed by atoms with Crippen LogP contribution in [0.5, 0.6) is 0 Å². The number of rotatable bonds is 7. The summed E-state index contributed by atoms with van der Waals surface area (Å²) in [4.78, 5) is 16.3. The lowest BCUT2D eigenvalue weighted by Gasteiger charge is -2.25. The molecule has 1 unspecified atom stereocenters. The smallest absolute Gasteiger partial charge is 0.233 e. The van der Waals surface area contributed by atoms with Crippen LogP contribution in [-0.2, 0) is 10.5 Å². The molecule has 7 heteroatoms. The van der Waals surface area contributed by atoms with Crippen LogP contribution in [0.4, 0.5) is 5.69 Å². The average molecular weight is 397 g/mol. The lowest BCUT2D eigenvalue weighted by molar-refractivity contribution is -0.127. The molecule has 2 aromatic rings. The van der Waals surface area contributed by atoms with Gasteiger partial charge in [-0.2, -0.15) is 11.8 Å². The highest BCUT2D eigenvalue weighted by molar-refractivity contribution is 8.00. The van der Waals surface area contributed by atoms with E-state index in [0.29, 0.717) is 17.3 Å². The summed E-state index contributed by atoms with van der Waals surface area (Å²) in [5, 5.41) is 0.715. The van der Waals surface area contributed by atoms with Crippen LogP contribution in [0.15, 0.2) is 41.0 Å². The number of anilines is 1. The third-order valence-electron chi connectivity index (χ3n) is 4.04. The van der Waals surface area contributed by atoms with Crippen molar-refractivity contribution in [1.82, 2.24) is 4.90 Å². The van der Waals surface area contributed by atoms with Crippen molar-refractivity contribution in [2.24, 2.45) is 0 Å². The van der Waals surface area contributed by atoms with E-state index in [-0.39, 0.29) is 11.3 Å². The summed E-state index contributed by atoms with van der Waals surface area (Å²) in [6.45, 7) is 0.716. The zero-order valence-corrected chi connectivity index (χ0v) is 16.7. The molecule has 1 amide bonds. The number of carbonyl (C=O) groups is 1. The molecule has 0 N–H and O–H groups in total. The lowest BCUT2D eigenvalue weighted by Crippen LogP contribution is -2.30. The maximum atomic E-state index is 12.3. The van der Waals surface area contributed by atoms with E-state index >= 15 is 0 Å². The molecule has 0 radical (unpaired) electrons. The second kappa shape index (κ2) is 8.43. The number of benzene rings is 1. The van der Waals surface area contributed by atoms with Gasteiger partial charge in [-0.15, -0.1) is 11.8 Å². The van der Waals surface area contributed by atoms with Gasteiger partial charge < -0.3 is 14.2 Å². The van der Waals surface area contributed by atoms with Crippen LogP contribution in [0, 0.1) is 0 Å². The summed E-state index contributed by atoms with van der Waals surface area (Å²) >= 11 is 9.92. The molecule has 0 bridgehead atoms. The van der Waals surface area contributed by atoms with E-state index in [1.54, 1.807) is 29.8 Å². The van der Waals surface area contributed by atoms with Gasteiger partial charge in [0.2, 0.25) is 5.91 Å². The molecule has 0 spiro atoms. The van der Waals surface area contributed by atoms with Gasteiger partial charge in [0.25, 0.3) is 0 Å². The number of hydrogen-bond donors (Lipinski definition) is 0. The van der Waals surface area contributed by atoms with Gasteiger partial charge in [0, 0.05) is 42.7 Å². The van der Waals surface area contributed by atoms with Crippen molar-refractivity contribution in [2.75, 3.05) is 37.0 Å². The second-order valence-corrected chi connectivity index (χ2v) is 8.56. The topological polar surface area (TPSA) is 36.7 Å². The molecule has 1 aliphatic rings. The second-order valence-electron chi connectivity index (χ2n) is 5.98. The lowest BCUT2D eigenvalue weighted by atomic mass is 10.1. The number of thioether (sulfide) groups is 2. The Bertz CT molecular complexity index is 722. The molecule has 1 aromatic carbocycles. The molecular weight excluding hydrogens is 376 g/mol. The minimum atomic E-state index is 0.000394. The molecule has 1 fully saturated rings. The summed E-state index contributed by atoms with van der Waals surface area (Å²) in [6, 6.07) is 9.92. The molecule has 0 aliphatic carbocycles. The van der Waals surface area contributed by atoms with Gasteiger partial charge in [-0.3, -0.25) is 4.79 Å². The van der Waals surface area contributed by atoms with Crippen LogP contribution in [0.2, 0.25) is 5.02 Å². The van der Waals surface area contributed by atoms with Crippen molar-refractivity contribution in [3.8, 4) is 0 Å². The van der Waals surface area contributed by atoms with Gasteiger partial charge in [0.15, 0.2) is 0 Å². The van der Waals surface area contributed by atoms with Crippen molar-refractivity contribution in [2.45, 2.75) is 11.1 Å². The van der Waals surface area contributed by atoms with Crippen molar-refractivity contribution >= 4 is 46.7 Å². The highest BCUT2D eigenvalue weighted by atomic mass is 35.5. The molecule has 3 rings (SSSR count). The summed E-state index contributed by atoms with van der Waals surface area (Å²) in [5.41, 5.74) is 2.07. The maximum absolute atomic E-state index is 12.3. The number of halogens is 1. The number of nitrogens with zero attached hydrogens (tertiary/aromatic N) is 2. The monoisotopic (exact) mass is 396 g/mol. The Morgan fingerprint density at radius 3 is 2.92 bits per heavy atom. The zero-order valence-electron chi connectivity index (χ0n) is 14.3. The van der Waals surface area contributed by atoms with Crippen molar-refractivity contribution in [3.63, 3.8) is 0 Å². The molecule has 1 saturated heterocycles. The van der Waals surface area contributed by atoms with E-state index in [1.165, 1.54) is 0 Å². The molecule has 0 saturated carbocycles. The number of hydrogen-bond acceptors (Lipinski definition) is 5. The third-order valence-corrected chi connectivity index (χ3v) is 6.56. The van der Waals surface area contributed by atoms with Gasteiger partial charge in [0.05, 0.1) is 17.8 Å². The number of amides is 1. The van der Waals surface area contributed by atoms with E-state index in [9.17, 15) is 4.79 Å². The first-order chi connectivity index (χ1) is 12.1. The molecule has 2 heterocycles. The largest absolute Gasteiger partial charge is 0.468 e. The number of furan rings is 1. The molecule has 1 aromatic heterocycles. The Labute approximate surface area is 161 Å². The third kappa shape index (κ3) is 4.49. The van der Waals surface area contributed by atoms with E-state index in [2.05, 4.69) is 6.07 Å². The van der Waals surface area contributed by atoms with Crippen LogP contribution in [0.25, 0.3) is 0 Å². The Kier molecular flexibility index (Phi) is 6.25. The molecule has 25 heavy (non-hydrogen) atoms. The highest BCUT2D eigenvalue weighted by Gasteiger charge is 2.33. The molecule has 1 aliphatic heterocycles. The van der Waals surface area contributed by atoms with E-state index in [1.807, 2.05) is 48.2 Å². The Balaban J connectivity index is 1.63. The van der Waals surface area contributed by atoms with Gasteiger partial charge >= 0.3 is 0 Å². The Morgan fingerprint density at radius 2 is 2.24 bits per heavy atom. The van der Waals surface area contributed by atoms with Crippen LogP contribution in [0.3, 0.4) is 0 Å². The molecule has 134 valence electrons. The summed E-state index contributed by atoms with van der Waals surface area (Å²) < 4.78 is 5.34. The summed E-state index contributed by atoms with van der Waals surface area (Å²) in [6.07, 6.45) is 1.69. The fourth-order valence-electron chi connectivity index (χ4n) is 2.68. The maximum Gasteiger partial charge on any atom is 0.233 e. The summed E-state index contributed by atoms with van der Waals surface area (Å²) in [7, 11) is 3.98. The highest BCUT2D eigenvalue weighted by Crippen LogP contribution is 2.42. The van der Waals surface area contributed by atoms with Crippen molar-refractivity contribution in [1.29, 1.82) is 0 Å². The zero-order chi connectivity index (χ0) is 17.8. The predicted molar refractivity (Wildman–Crippen MR) is 108 cm³/mol. The van der Waals surface area contributed by atoms with Gasteiger partial charge in [-0.25, -0.2) is 0 Å². The van der Waals surface area contributed by atoms with Crippen LogP contribution >= 0.6 is 35.1 Å². The first-order valence-corrected chi connectivity index (χ1v) is 10.6. The van der Waals surface area contributed by atoms with Crippen LogP contribution < -0.4 is 4.90 Å². The summed E-state index contributed by atoms with van der Waals surface area (Å²) in [5.74, 6) is 3.36. The van der Waals surface area contributed by atoms with Crippen LogP contribution in [0.1, 0.15) is 16.7 Å². The van der Waals surface area contributed by atoms with E-state index in [4.69, 9.17) is 16.0 Å². The normalized spacial score (nSPS) is 17.3. The molecule has 1 atom stereocenters. The van der Waals surface area contributed by atoms with Gasteiger partial charge in [-0.05, 0) is 24.3 Å². The predicted octanol–water partition coefficient (Wildman–Crippen LogP) is 4.51. The average Bonchev–Trinajstić information content (AvgIpc) is 3.22. The SMILES string of the molecule is CN(C)c1ccc(C2SCC(=O)N2CCSCc2ccco2)c(Cl)c1. The van der Waals surface area contributed by atoms with Gasteiger partial charge in [-0.1, -0.05) is 17.7 Å². The molecule has 4 nitrogen and oxygen atoms in total. The van der Waals surface area contributed by atoms with Crippen molar-refractivity contribution < 1.29 is 9.21 Å². The number of carbonyl (C=O) groups excluding carboxylic acids is 1. The first-order valence-electron chi connectivity index (χ1n) is 8.04. The standard InChI is InChI=1S/C18H21ClN2O2S2/c1-20(2)13-5-6-15(16(19)10-13)18-21(17(22)12-25-18)7-9-24-11-14-4-3-8-23-14/h3-6,8,10,18H,7,9,11-12H2,1-2H3. The van der Waals surface area contributed by atoms with E-state index in [0.717, 1.165) is 28.5 Å². The van der Waals surface area contributed by atoms with Crippen molar-refractivity contribution in [3.05, 3.63) is 52.9 Å². The Hall–Kier alpha value is -1.24. The minimum absolute atomic E-state index is 0.000394. The molecular formula is C18H21ClN2O2S2.